The molecule has 204 valence electrons. The summed E-state index contributed by atoms with van der Waals surface area (Å²) < 4.78 is 0. The Labute approximate surface area is 236 Å². The Bertz CT molecular complexity index is 1350. The quantitative estimate of drug-likeness (QED) is 0.306. The molecule has 39 heavy (non-hydrogen) atoms. The van der Waals surface area contributed by atoms with Gasteiger partial charge in [-0.05, 0) is 53.4 Å². The van der Waals surface area contributed by atoms with Crippen molar-refractivity contribution in [3.8, 4) is 0 Å². The standard InChI is InChI=1S/C29H29Cl2N3O5/c30-23-8-7-22(26(31)14-23)18-34-16-20(13-27(36)37)15-33(29(34)39)17-21-3-1-2-4-25(21)28(38)32-24-9-5-19(6-10-24)11-12-35/h1-10,14,20,35H,11-13,15-18H2,(H,32,38)(H,36,37). The number of aliphatic hydroxyl groups excluding tert-OH is 1. The van der Waals surface area contributed by atoms with E-state index in [-0.39, 0.29) is 57.1 Å². The molecule has 1 aliphatic rings. The maximum Gasteiger partial charge on any atom is 0.320 e. The summed E-state index contributed by atoms with van der Waals surface area (Å²) in [6, 6.07) is 19.0. The first-order chi connectivity index (χ1) is 18.7. The van der Waals surface area contributed by atoms with Crippen molar-refractivity contribution >= 4 is 46.8 Å². The number of benzene rings is 3. The van der Waals surface area contributed by atoms with E-state index in [0.29, 0.717) is 38.8 Å². The number of carboxylic acid groups (broad SMARTS) is 1. The number of aliphatic hydroxyl groups is 1. The molecular formula is C29H29Cl2N3O5. The lowest BCUT2D eigenvalue weighted by Gasteiger charge is -2.40. The number of halogens is 2. The van der Waals surface area contributed by atoms with Crippen molar-refractivity contribution in [3.63, 3.8) is 0 Å². The molecule has 1 atom stereocenters. The highest BCUT2D eigenvalue weighted by molar-refractivity contribution is 6.35. The molecule has 1 aliphatic heterocycles. The number of rotatable bonds is 10. The van der Waals surface area contributed by atoms with Gasteiger partial charge in [0.15, 0.2) is 0 Å². The second-order valence-corrected chi connectivity index (χ2v) is 10.4. The maximum absolute atomic E-state index is 13.5. The predicted molar refractivity (Wildman–Crippen MR) is 150 cm³/mol. The lowest BCUT2D eigenvalue weighted by molar-refractivity contribution is -0.138. The van der Waals surface area contributed by atoms with Crippen LogP contribution in [-0.2, 0) is 24.3 Å². The zero-order valence-corrected chi connectivity index (χ0v) is 22.7. The van der Waals surface area contributed by atoms with Gasteiger partial charge in [0.2, 0.25) is 0 Å². The van der Waals surface area contributed by atoms with Gasteiger partial charge in [0.25, 0.3) is 5.91 Å². The molecule has 0 radical (unpaired) electrons. The van der Waals surface area contributed by atoms with E-state index < -0.39 is 5.97 Å². The highest BCUT2D eigenvalue weighted by atomic mass is 35.5. The summed E-state index contributed by atoms with van der Waals surface area (Å²) in [6.07, 6.45) is 0.439. The average molecular weight is 570 g/mol. The van der Waals surface area contributed by atoms with E-state index in [4.69, 9.17) is 28.3 Å². The second kappa shape index (κ2) is 13.0. The summed E-state index contributed by atoms with van der Waals surface area (Å²) in [5.41, 5.74) is 3.33. The van der Waals surface area contributed by atoms with Crippen LogP contribution < -0.4 is 5.32 Å². The number of hydrogen-bond acceptors (Lipinski definition) is 4. The van der Waals surface area contributed by atoms with Crippen LogP contribution in [-0.4, -0.2) is 57.6 Å². The molecule has 10 heteroatoms. The van der Waals surface area contributed by atoms with Gasteiger partial charge < -0.3 is 25.3 Å². The zero-order valence-electron chi connectivity index (χ0n) is 21.1. The molecule has 3 aromatic rings. The largest absolute Gasteiger partial charge is 0.481 e. The van der Waals surface area contributed by atoms with Gasteiger partial charge in [-0.2, -0.15) is 0 Å². The Morgan fingerprint density at radius 3 is 2.23 bits per heavy atom. The maximum atomic E-state index is 13.5. The molecule has 3 N–H and O–H groups in total. The Hall–Kier alpha value is -3.59. The van der Waals surface area contributed by atoms with Gasteiger partial charge in [-0.3, -0.25) is 9.59 Å². The fourth-order valence-corrected chi connectivity index (χ4v) is 5.17. The molecule has 0 aliphatic carbocycles. The van der Waals surface area contributed by atoms with Crippen LogP contribution in [0.5, 0.6) is 0 Å². The van der Waals surface area contributed by atoms with Crippen LogP contribution in [0.1, 0.15) is 33.5 Å². The molecule has 4 rings (SSSR count). The minimum atomic E-state index is -0.941. The summed E-state index contributed by atoms with van der Waals surface area (Å²) in [7, 11) is 0. The van der Waals surface area contributed by atoms with E-state index in [1.165, 1.54) is 0 Å². The Kier molecular flexibility index (Phi) is 9.45. The smallest absolute Gasteiger partial charge is 0.320 e. The normalized spacial score (nSPS) is 15.4. The van der Waals surface area contributed by atoms with E-state index in [9.17, 15) is 19.5 Å². The fourth-order valence-electron chi connectivity index (χ4n) is 4.70. The summed E-state index contributed by atoms with van der Waals surface area (Å²) in [6.45, 7) is 0.910. The van der Waals surface area contributed by atoms with Crippen LogP contribution in [0.15, 0.2) is 66.7 Å². The number of anilines is 1. The van der Waals surface area contributed by atoms with Gasteiger partial charge in [0.1, 0.15) is 0 Å². The Balaban J connectivity index is 1.53. The number of amides is 3. The van der Waals surface area contributed by atoms with Gasteiger partial charge in [-0.15, -0.1) is 0 Å². The van der Waals surface area contributed by atoms with Gasteiger partial charge in [0, 0.05) is 60.0 Å². The summed E-state index contributed by atoms with van der Waals surface area (Å²) >= 11 is 12.4. The van der Waals surface area contributed by atoms with Gasteiger partial charge >= 0.3 is 12.0 Å². The van der Waals surface area contributed by atoms with Crippen molar-refractivity contribution in [1.82, 2.24) is 9.80 Å². The number of urea groups is 1. The average Bonchev–Trinajstić information content (AvgIpc) is 2.89. The second-order valence-electron chi connectivity index (χ2n) is 9.53. The minimum absolute atomic E-state index is 0.0474. The van der Waals surface area contributed by atoms with Crippen LogP contribution in [0.25, 0.3) is 0 Å². The van der Waals surface area contributed by atoms with E-state index in [2.05, 4.69) is 5.32 Å². The molecule has 1 fully saturated rings. The molecular weight excluding hydrogens is 541 g/mol. The third-order valence-corrected chi connectivity index (χ3v) is 7.16. The molecule has 1 heterocycles. The topological polar surface area (TPSA) is 110 Å². The van der Waals surface area contributed by atoms with Crippen LogP contribution in [0, 0.1) is 5.92 Å². The van der Waals surface area contributed by atoms with Crippen LogP contribution in [0.2, 0.25) is 10.0 Å². The van der Waals surface area contributed by atoms with Crippen molar-refractivity contribution in [3.05, 3.63) is 99.0 Å². The number of carbonyl (C=O) groups is 3. The van der Waals surface area contributed by atoms with Crippen molar-refractivity contribution < 1.29 is 24.6 Å². The van der Waals surface area contributed by atoms with Crippen LogP contribution in [0.3, 0.4) is 0 Å². The van der Waals surface area contributed by atoms with Crippen molar-refractivity contribution in [2.45, 2.75) is 25.9 Å². The van der Waals surface area contributed by atoms with E-state index in [1.807, 2.05) is 12.1 Å². The third kappa shape index (κ3) is 7.50. The number of carboxylic acids is 1. The van der Waals surface area contributed by atoms with Gasteiger partial charge in [0.05, 0.1) is 6.42 Å². The first-order valence-corrected chi connectivity index (χ1v) is 13.3. The van der Waals surface area contributed by atoms with E-state index in [0.717, 1.165) is 5.56 Å². The molecule has 3 aromatic carbocycles. The van der Waals surface area contributed by atoms with Crippen LogP contribution in [0.4, 0.5) is 10.5 Å². The first-order valence-electron chi connectivity index (χ1n) is 12.5. The van der Waals surface area contributed by atoms with Gasteiger partial charge in [-0.1, -0.05) is 59.6 Å². The minimum Gasteiger partial charge on any atom is -0.481 e. The summed E-state index contributed by atoms with van der Waals surface area (Å²) in [4.78, 5) is 41.4. The predicted octanol–water partition coefficient (Wildman–Crippen LogP) is 5.31. The van der Waals surface area contributed by atoms with Crippen molar-refractivity contribution in [2.24, 2.45) is 5.92 Å². The molecule has 0 bridgehead atoms. The number of carbonyl (C=O) groups excluding carboxylic acids is 2. The molecule has 1 unspecified atom stereocenters. The molecule has 0 aromatic heterocycles. The first kappa shape index (κ1) is 28.4. The van der Waals surface area contributed by atoms with Gasteiger partial charge in [-0.25, -0.2) is 4.79 Å². The van der Waals surface area contributed by atoms with Crippen molar-refractivity contribution in [2.75, 3.05) is 25.0 Å². The molecule has 3 amide bonds. The van der Waals surface area contributed by atoms with Crippen molar-refractivity contribution in [1.29, 1.82) is 0 Å². The Morgan fingerprint density at radius 1 is 0.923 bits per heavy atom. The lowest BCUT2D eigenvalue weighted by atomic mass is 9.99. The lowest BCUT2D eigenvalue weighted by Crippen LogP contribution is -2.53. The molecule has 8 nitrogen and oxygen atoms in total. The number of nitrogens with one attached hydrogen (secondary N) is 1. The van der Waals surface area contributed by atoms with E-state index in [1.54, 1.807) is 64.4 Å². The third-order valence-electron chi connectivity index (χ3n) is 6.57. The SMILES string of the molecule is O=C(O)CC1CN(Cc2ccc(Cl)cc2Cl)C(=O)N(Cc2ccccc2C(=O)Nc2ccc(CCO)cc2)C1. The summed E-state index contributed by atoms with van der Waals surface area (Å²) in [5.74, 6) is -1.56. The fraction of sp³-hybridized carbons (Fsp3) is 0.276. The molecule has 0 spiro atoms. The number of aliphatic carboxylic acids is 1. The number of hydrogen-bond donors (Lipinski definition) is 3. The monoisotopic (exact) mass is 569 g/mol. The Morgan fingerprint density at radius 2 is 1.59 bits per heavy atom. The molecule has 1 saturated heterocycles. The van der Waals surface area contributed by atoms with E-state index >= 15 is 0 Å². The number of nitrogens with zero attached hydrogens (tertiary/aromatic N) is 2. The summed E-state index contributed by atoms with van der Waals surface area (Å²) in [5, 5.41) is 22.3. The highest BCUT2D eigenvalue weighted by Gasteiger charge is 2.33. The highest BCUT2D eigenvalue weighted by Crippen LogP contribution is 2.27. The zero-order chi connectivity index (χ0) is 27.9. The van der Waals surface area contributed by atoms with Crippen LogP contribution >= 0.6 is 23.2 Å². The molecule has 0 saturated carbocycles.